The first kappa shape index (κ1) is 25.1. The number of unbranched alkanes of at least 4 members (excludes halogenated alkanes) is 1. The summed E-state index contributed by atoms with van der Waals surface area (Å²) in [5, 5.41) is 32.7. The molecule has 2 rings (SSSR count). The monoisotopic (exact) mass is 463 g/mol. The highest BCUT2D eigenvalue weighted by Gasteiger charge is 2.15. The van der Waals surface area contributed by atoms with Gasteiger partial charge < -0.3 is 15.4 Å². The molecule has 31 heavy (non-hydrogen) atoms. The Kier molecular flexibility index (Phi) is 10.2. The van der Waals surface area contributed by atoms with Gasteiger partial charge in [0.05, 0.1) is 17.2 Å². The van der Waals surface area contributed by atoms with Crippen LogP contribution in [0.15, 0.2) is 40.4 Å². The van der Waals surface area contributed by atoms with Crippen molar-refractivity contribution < 1.29 is 20.2 Å². The molecule has 0 aliphatic carbocycles. The predicted molar refractivity (Wildman–Crippen MR) is 127 cm³/mol. The zero-order valence-electron chi connectivity index (χ0n) is 18.0. The number of aryl methyl sites for hydroxylation is 1. The van der Waals surface area contributed by atoms with E-state index in [1.54, 1.807) is 17.8 Å². The number of aromatic hydroxyl groups is 1. The van der Waals surface area contributed by atoms with E-state index >= 15 is 0 Å². The number of carbonyl (C=O) groups is 1. The first-order valence-electron chi connectivity index (χ1n) is 10.6. The third-order valence-corrected chi connectivity index (χ3v) is 6.68. The highest BCUT2D eigenvalue weighted by molar-refractivity contribution is 7.99. The first-order chi connectivity index (χ1) is 14.9. The van der Waals surface area contributed by atoms with E-state index in [4.69, 9.17) is 16.7 Å². The smallest absolute Gasteiger partial charge is 0.307 e. The van der Waals surface area contributed by atoms with Crippen LogP contribution in [0.1, 0.15) is 61.8 Å². The minimum atomic E-state index is -0.868. The number of thioether (sulfide) groups is 1. The molecule has 0 aliphatic rings. The average Bonchev–Trinajstić information content (AvgIpc) is 2.73. The Morgan fingerprint density at radius 2 is 1.90 bits per heavy atom. The summed E-state index contributed by atoms with van der Waals surface area (Å²) in [5.41, 5.74) is 3.88. The summed E-state index contributed by atoms with van der Waals surface area (Å²) in [5.74, 6) is 0.270. The van der Waals surface area contributed by atoms with E-state index in [0.717, 1.165) is 53.9 Å². The second kappa shape index (κ2) is 12.6. The molecule has 0 amide bonds. The summed E-state index contributed by atoms with van der Waals surface area (Å²) in [6.07, 6.45) is 5.06. The van der Waals surface area contributed by atoms with Crippen LogP contribution in [0.2, 0.25) is 5.02 Å². The summed E-state index contributed by atoms with van der Waals surface area (Å²) >= 11 is 7.96. The molecule has 168 valence electrons. The van der Waals surface area contributed by atoms with Crippen LogP contribution in [-0.4, -0.2) is 32.9 Å². The van der Waals surface area contributed by atoms with Gasteiger partial charge in [-0.15, -0.1) is 11.8 Å². The van der Waals surface area contributed by atoms with Gasteiger partial charge in [0.2, 0.25) is 0 Å². The number of benzene rings is 2. The van der Waals surface area contributed by atoms with Crippen LogP contribution in [0.25, 0.3) is 0 Å². The molecule has 0 saturated carbocycles. The molecule has 0 radical (unpaired) electrons. The zero-order valence-corrected chi connectivity index (χ0v) is 19.6. The third-order valence-electron chi connectivity index (χ3n) is 5.10. The lowest BCUT2D eigenvalue weighted by molar-refractivity contribution is -0.136. The van der Waals surface area contributed by atoms with Crippen LogP contribution in [-0.2, 0) is 24.1 Å². The molecule has 0 bridgehead atoms. The number of oxime groups is 1. The van der Waals surface area contributed by atoms with Crippen LogP contribution >= 0.6 is 23.4 Å². The quantitative estimate of drug-likeness (QED) is 0.112. The van der Waals surface area contributed by atoms with E-state index in [1.807, 2.05) is 31.2 Å². The van der Waals surface area contributed by atoms with Crippen molar-refractivity contribution >= 4 is 35.0 Å². The van der Waals surface area contributed by atoms with E-state index in [-0.39, 0.29) is 12.2 Å². The molecule has 3 N–H and O–H groups in total. The zero-order chi connectivity index (χ0) is 22.8. The second-order valence-corrected chi connectivity index (χ2v) is 8.93. The molecular formula is C24H30ClNO4S. The minimum absolute atomic E-state index is 0.0275. The summed E-state index contributed by atoms with van der Waals surface area (Å²) in [6.45, 7) is 3.98. The molecule has 7 heteroatoms. The van der Waals surface area contributed by atoms with Crippen LogP contribution in [0.4, 0.5) is 0 Å². The Morgan fingerprint density at radius 3 is 2.52 bits per heavy atom. The van der Waals surface area contributed by atoms with Gasteiger partial charge in [-0.25, -0.2) is 0 Å². The lowest BCUT2D eigenvalue weighted by Gasteiger charge is -2.15. The Balaban J connectivity index is 1.95. The predicted octanol–water partition coefficient (Wildman–Crippen LogP) is 6.33. The van der Waals surface area contributed by atoms with Gasteiger partial charge in [-0.1, -0.05) is 49.2 Å². The van der Waals surface area contributed by atoms with Crippen LogP contribution in [0, 0.1) is 0 Å². The summed E-state index contributed by atoms with van der Waals surface area (Å²) in [7, 11) is 0. The van der Waals surface area contributed by atoms with E-state index in [1.165, 1.54) is 0 Å². The average molecular weight is 464 g/mol. The molecule has 2 aromatic carbocycles. The van der Waals surface area contributed by atoms with Crippen molar-refractivity contribution in [2.24, 2.45) is 5.16 Å². The topological polar surface area (TPSA) is 90.1 Å². The largest absolute Gasteiger partial charge is 0.507 e. The molecular weight excluding hydrogens is 434 g/mol. The van der Waals surface area contributed by atoms with E-state index in [2.05, 4.69) is 12.1 Å². The Labute approximate surface area is 193 Å². The fraction of sp³-hybridized carbons (Fsp3) is 0.417. The van der Waals surface area contributed by atoms with Crippen LogP contribution < -0.4 is 0 Å². The molecule has 0 fully saturated rings. The summed E-state index contributed by atoms with van der Waals surface area (Å²) in [4.78, 5) is 11.8. The second-order valence-electron chi connectivity index (χ2n) is 7.39. The number of phenols is 1. The Morgan fingerprint density at radius 1 is 1.13 bits per heavy atom. The molecule has 5 nitrogen and oxygen atoms in total. The maximum Gasteiger partial charge on any atom is 0.307 e. The summed E-state index contributed by atoms with van der Waals surface area (Å²) < 4.78 is 0. The number of hydrogen-bond donors (Lipinski definition) is 3. The van der Waals surface area contributed by atoms with Crippen molar-refractivity contribution in [3.8, 4) is 5.75 Å². The number of phenolic OH excluding ortho intramolecular Hbond substituents is 1. The van der Waals surface area contributed by atoms with E-state index < -0.39 is 5.97 Å². The number of aliphatic carboxylic acids is 1. The highest BCUT2D eigenvalue weighted by atomic mass is 35.5. The number of hydrogen-bond acceptors (Lipinski definition) is 5. The minimum Gasteiger partial charge on any atom is -0.507 e. The van der Waals surface area contributed by atoms with Gasteiger partial charge in [0, 0.05) is 10.5 Å². The van der Waals surface area contributed by atoms with Crippen molar-refractivity contribution in [2.75, 3.05) is 5.75 Å². The van der Waals surface area contributed by atoms with E-state index in [0.29, 0.717) is 28.3 Å². The van der Waals surface area contributed by atoms with Crippen molar-refractivity contribution in [1.82, 2.24) is 0 Å². The van der Waals surface area contributed by atoms with Gasteiger partial charge in [0.1, 0.15) is 5.75 Å². The fourth-order valence-electron chi connectivity index (χ4n) is 3.53. The highest BCUT2D eigenvalue weighted by Crippen LogP contribution is 2.31. The van der Waals surface area contributed by atoms with Crippen LogP contribution in [0.3, 0.4) is 0 Å². The molecule has 0 heterocycles. The van der Waals surface area contributed by atoms with Crippen molar-refractivity contribution in [2.45, 2.75) is 63.7 Å². The number of carboxylic acids is 1. The SMILES string of the molecule is CCCc1c(CCCCSc2ccc(CC(=O)O)cc2Cl)ccc(C(CC)=NO)c1O. The molecule has 0 aliphatic heterocycles. The normalized spacial score (nSPS) is 11.6. The standard InChI is InChI=1S/C24H30ClNO4S/c1-3-7-18-17(10-11-19(24(18)29)21(4-2)26-30)8-5-6-13-31-22-12-9-16(14-20(22)25)15-23(27)28/h9-12,14,29-30H,3-8,13,15H2,1-2H3,(H,27,28). The lowest BCUT2D eigenvalue weighted by atomic mass is 9.93. The lowest BCUT2D eigenvalue weighted by Crippen LogP contribution is -2.04. The fourth-order valence-corrected chi connectivity index (χ4v) is 4.83. The number of nitrogens with zero attached hydrogens (tertiary/aromatic N) is 1. The molecule has 0 atom stereocenters. The number of rotatable bonds is 12. The van der Waals surface area contributed by atoms with Crippen molar-refractivity contribution in [3.05, 3.63) is 57.6 Å². The van der Waals surface area contributed by atoms with Gasteiger partial charge in [-0.3, -0.25) is 4.79 Å². The Hall–Kier alpha value is -2.18. The molecule has 2 aromatic rings. The maximum absolute atomic E-state index is 10.8. The van der Waals surface area contributed by atoms with Crippen LogP contribution in [0.5, 0.6) is 5.75 Å². The van der Waals surface area contributed by atoms with E-state index in [9.17, 15) is 15.1 Å². The summed E-state index contributed by atoms with van der Waals surface area (Å²) in [6, 6.07) is 9.29. The number of carboxylic acid groups (broad SMARTS) is 1. The van der Waals surface area contributed by atoms with Crippen molar-refractivity contribution in [3.63, 3.8) is 0 Å². The van der Waals surface area contributed by atoms with Gasteiger partial charge in [0.15, 0.2) is 0 Å². The van der Waals surface area contributed by atoms with Gasteiger partial charge in [-0.2, -0.15) is 0 Å². The molecule has 0 unspecified atom stereocenters. The molecule has 0 spiro atoms. The Bertz CT molecular complexity index is 930. The van der Waals surface area contributed by atoms with Gasteiger partial charge in [-0.05, 0) is 72.7 Å². The molecule has 0 aromatic heterocycles. The van der Waals surface area contributed by atoms with Gasteiger partial charge in [0.25, 0.3) is 0 Å². The molecule has 0 saturated heterocycles. The van der Waals surface area contributed by atoms with Crippen molar-refractivity contribution in [1.29, 1.82) is 0 Å². The maximum atomic E-state index is 10.8. The van der Waals surface area contributed by atoms with Gasteiger partial charge >= 0.3 is 5.97 Å². The third kappa shape index (κ3) is 7.18. The number of halogens is 1. The first-order valence-corrected chi connectivity index (χ1v) is 12.0.